The Bertz CT molecular complexity index is 622. The van der Waals surface area contributed by atoms with E-state index in [1.54, 1.807) is 36.1 Å². The van der Waals surface area contributed by atoms with Crippen molar-refractivity contribution in [1.29, 1.82) is 0 Å². The Morgan fingerprint density at radius 1 is 1.47 bits per heavy atom. The predicted octanol–water partition coefficient (Wildman–Crippen LogP) is 2.64. The number of anilines is 1. The third-order valence-corrected chi connectivity index (χ3v) is 2.90. The number of ether oxygens (including phenoxy) is 1. The first-order valence-electron chi connectivity index (χ1n) is 5.66. The SMILES string of the molecule is COc1ccc(Cl)cc1C(=O)Nc1cn(C)nc1C. The smallest absolute Gasteiger partial charge is 0.259 e. The maximum absolute atomic E-state index is 12.2. The second-order valence-corrected chi connectivity index (χ2v) is 4.54. The van der Waals surface area contributed by atoms with Crippen molar-refractivity contribution in [2.45, 2.75) is 6.92 Å². The number of rotatable bonds is 3. The summed E-state index contributed by atoms with van der Waals surface area (Å²) in [6.07, 6.45) is 1.74. The van der Waals surface area contributed by atoms with Gasteiger partial charge >= 0.3 is 0 Å². The number of methoxy groups -OCH3 is 1. The summed E-state index contributed by atoms with van der Waals surface area (Å²) in [6, 6.07) is 4.90. The quantitative estimate of drug-likeness (QED) is 0.940. The third-order valence-electron chi connectivity index (χ3n) is 2.67. The number of carbonyl (C=O) groups is 1. The third kappa shape index (κ3) is 2.88. The van der Waals surface area contributed by atoms with E-state index in [4.69, 9.17) is 16.3 Å². The van der Waals surface area contributed by atoms with Gasteiger partial charge in [-0.2, -0.15) is 5.10 Å². The van der Waals surface area contributed by atoms with Gasteiger partial charge in [0.05, 0.1) is 24.1 Å². The molecule has 0 saturated heterocycles. The Kier molecular flexibility index (Phi) is 3.76. The Morgan fingerprint density at radius 3 is 2.79 bits per heavy atom. The minimum atomic E-state index is -0.282. The van der Waals surface area contributed by atoms with Crippen LogP contribution in [0.4, 0.5) is 5.69 Å². The lowest BCUT2D eigenvalue weighted by Gasteiger charge is -2.09. The van der Waals surface area contributed by atoms with Crippen molar-refractivity contribution in [3.05, 3.63) is 40.7 Å². The zero-order valence-electron chi connectivity index (χ0n) is 10.9. The van der Waals surface area contributed by atoms with Gasteiger partial charge in [-0.05, 0) is 25.1 Å². The molecule has 0 saturated carbocycles. The molecule has 0 fully saturated rings. The highest BCUT2D eigenvalue weighted by molar-refractivity contribution is 6.31. The van der Waals surface area contributed by atoms with Gasteiger partial charge in [-0.3, -0.25) is 9.48 Å². The summed E-state index contributed by atoms with van der Waals surface area (Å²) in [5, 5.41) is 7.43. The minimum Gasteiger partial charge on any atom is -0.496 e. The molecular formula is C13H14ClN3O2. The van der Waals surface area contributed by atoms with E-state index in [1.165, 1.54) is 7.11 Å². The molecule has 1 aromatic carbocycles. The van der Waals surface area contributed by atoms with E-state index in [-0.39, 0.29) is 5.91 Å². The van der Waals surface area contributed by atoms with Crippen molar-refractivity contribution in [3.8, 4) is 5.75 Å². The van der Waals surface area contributed by atoms with Crippen LogP contribution in [0.15, 0.2) is 24.4 Å². The fraction of sp³-hybridized carbons (Fsp3) is 0.231. The summed E-state index contributed by atoms with van der Waals surface area (Å²) in [5.74, 6) is 0.193. The van der Waals surface area contributed by atoms with Gasteiger partial charge in [0.1, 0.15) is 5.75 Å². The van der Waals surface area contributed by atoms with E-state index < -0.39 is 0 Å². The van der Waals surface area contributed by atoms with E-state index in [2.05, 4.69) is 10.4 Å². The Morgan fingerprint density at radius 2 is 2.21 bits per heavy atom. The predicted molar refractivity (Wildman–Crippen MR) is 73.9 cm³/mol. The average molecular weight is 280 g/mol. The topological polar surface area (TPSA) is 56.1 Å². The Hall–Kier alpha value is -2.01. The number of halogens is 1. The lowest BCUT2D eigenvalue weighted by Crippen LogP contribution is -2.13. The van der Waals surface area contributed by atoms with E-state index in [9.17, 15) is 4.79 Å². The first kappa shape index (κ1) is 13.4. The molecule has 0 radical (unpaired) electrons. The van der Waals surface area contributed by atoms with E-state index in [0.717, 1.165) is 5.69 Å². The normalized spacial score (nSPS) is 10.3. The van der Waals surface area contributed by atoms with E-state index >= 15 is 0 Å². The van der Waals surface area contributed by atoms with Crippen molar-refractivity contribution in [2.75, 3.05) is 12.4 Å². The maximum atomic E-state index is 12.2. The van der Waals surface area contributed by atoms with Gasteiger partial charge < -0.3 is 10.1 Å². The van der Waals surface area contributed by atoms with Crippen molar-refractivity contribution in [2.24, 2.45) is 7.05 Å². The van der Waals surface area contributed by atoms with E-state index in [1.807, 2.05) is 6.92 Å². The summed E-state index contributed by atoms with van der Waals surface area (Å²) in [4.78, 5) is 12.2. The molecular weight excluding hydrogens is 266 g/mol. The number of benzene rings is 1. The highest BCUT2D eigenvalue weighted by atomic mass is 35.5. The Balaban J connectivity index is 2.29. The van der Waals surface area contributed by atoms with Gasteiger partial charge in [0.25, 0.3) is 5.91 Å². The second-order valence-electron chi connectivity index (χ2n) is 4.10. The van der Waals surface area contributed by atoms with Gasteiger partial charge in [0.2, 0.25) is 0 Å². The number of nitrogens with zero attached hydrogens (tertiary/aromatic N) is 2. The number of carbonyl (C=O) groups excluding carboxylic acids is 1. The molecule has 5 nitrogen and oxygen atoms in total. The van der Waals surface area contributed by atoms with Crippen LogP contribution in [0.25, 0.3) is 0 Å². The standard InChI is InChI=1S/C13H14ClN3O2/c1-8-11(7-17(2)16-8)15-13(18)10-6-9(14)4-5-12(10)19-3/h4-7H,1-3H3,(H,15,18). The molecule has 0 aliphatic rings. The molecule has 100 valence electrons. The van der Waals surface area contributed by atoms with E-state index in [0.29, 0.717) is 22.0 Å². The van der Waals surface area contributed by atoms with Crippen molar-refractivity contribution >= 4 is 23.2 Å². The first-order valence-corrected chi connectivity index (χ1v) is 6.04. The maximum Gasteiger partial charge on any atom is 0.259 e. The van der Waals surface area contributed by atoms with Crippen LogP contribution in [0.3, 0.4) is 0 Å². The molecule has 0 spiro atoms. The lowest BCUT2D eigenvalue weighted by molar-refractivity contribution is 0.102. The van der Waals surface area contributed by atoms with Gasteiger partial charge in [0.15, 0.2) is 0 Å². The zero-order chi connectivity index (χ0) is 14.0. The molecule has 1 N–H and O–H groups in total. The fourth-order valence-electron chi connectivity index (χ4n) is 1.77. The van der Waals surface area contributed by atoms with Crippen LogP contribution in [0, 0.1) is 6.92 Å². The lowest BCUT2D eigenvalue weighted by atomic mass is 10.2. The molecule has 0 unspecified atom stereocenters. The second kappa shape index (κ2) is 5.32. The number of aryl methyl sites for hydroxylation is 2. The molecule has 1 heterocycles. The van der Waals surface area contributed by atoms with Crippen molar-refractivity contribution in [3.63, 3.8) is 0 Å². The highest BCUT2D eigenvalue weighted by Gasteiger charge is 2.15. The van der Waals surface area contributed by atoms with Crippen LogP contribution >= 0.6 is 11.6 Å². The monoisotopic (exact) mass is 279 g/mol. The molecule has 0 atom stereocenters. The van der Waals surface area contributed by atoms with Crippen molar-refractivity contribution in [1.82, 2.24) is 9.78 Å². The molecule has 0 aliphatic heterocycles. The summed E-state index contributed by atoms with van der Waals surface area (Å²) in [6.45, 7) is 1.82. The van der Waals surface area contributed by atoms with Gasteiger partial charge in [-0.25, -0.2) is 0 Å². The number of aromatic nitrogens is 2. The van der Waals surface area contributed by atoms with Gasteiger partial charge in [-0.15, -0.1) is 0 Å². The molecule has 2 rings (SSSR count). The van der Waals surface area contributed by atoms with Crippen LogP contribution in [0.5, 0.6) is 5.75 Å². The average Bonchev–Trinajstić information content (AvgIpc) is 2.67. The fourth-order valence-corrected chi connectivity index (χ4v) is 1.94. The number of hydrogen-bond donors (Lipinski definition) is 1. The summed E-state index contributed by atoms with van der Waals surface area (Å²) in [5.41, 5.74) is 1.80. The van der Waals surface area contributed by atoms with Crippen LogP contribution in [-0.4, -0.2) is 22.8 Å². The Labute approximate surface area is 116 Å². The number of hydrogen-bond acceptors (Lipinski definition) is 3. The summed E-state index contributed by atoms with van der Waals surface area (Å²) < 4.78 is 6.79. The van der Waals surface area contributed by atoms with Crippen LogP contribution in [0.1, 0.15) is 16.1 Å². The number of nitrogens with one attached hydrogen (secondary N) is 1. The highest BCUT2D eigenvalue weighted by Crippen LogP contribution is 2.24. The molecule has 0 aliphatic carbocycles. The molecule has 2 aromatic rings. The minimum absolute atomic E-state index is 0.282. The largest absolute Gasteiger partial charge is 0.496 e. The molecule has 1 amide bonds. The summed E-state index contributed by atoms with van der Waals surface area (Å²) in [7, 11) is 3.30. The van der Waals surface area contributed by atoms with Crippen LogP contribution < -0.4 is 10.1 Å². The molecule has 1 aromatic heterocycles. The molecule has 19 heavy (non-hydrogen) atoms. The first-order chi connectivity index (χ1) is 9.01. The van der Waals surface area contributed by atoms with Gasteiger partial charge in [-0.1, -0.05) is 11.6 Å². The van der Waals surface area contributed by atoms with Crippen LogP contribution in [-0.2, 0) is 7.05 Å². The van der Waals surface area contributed by atoms with Gasteiger partial charge in [0, 0.05) is 18.3 Å². The molecule has 6 heteroatoms. The van der Waals surface area contributed by atoms with Crippen LogP contribution in [0.2, 0.25) is 5.02 Å². The zero-order valence-corrected chi connectivity index (χ0v) is 11.7. The molecule has 0 bridgehead atoms. The number of amides is 1. The summed E-state index contributed by atoms with van der Waals surface area (Å²) >= 11 is 5.90. The van der Waals surface area contributed by atoms with Crippen molar-refractivity contribution < 1.29 is 9.53 Å².